The molecule has 3 fully saturated rings. The minimum Gasteiger partial charge on any atom is -0.481 e. The molecule has 0 radical (unpaired) electrons. The van der Waals surface area contributed by atoms with Gasteiger partial charge in [0.2, 0.25) is 0 Å². The van der Waals surface area contributed by atoms with Crippen LogP contribution in [0.1, 0.15) is 137 Å². The number of carboxylic acid groups (broad SMARTS) is 1. The Morgan fingerprint density at radius 2 is 1.52 bits per heavy atom. The first-order valence-electron chi connectivity index (χ1n) is 20.3. The summed E-state index contributed by atoms with van der Waals surface area (Å²) in [5.41, 5.74) is 5.81. The van der Waals surface area contributed by atoms with Gasteiger partial charge in [-0.25, -0.2) is 4.98 Å². The third-order valence-electron chi connectivity index (χ3n) is 10.7. The average molecular weight is 770 g/mol. The first-order valence-corrected chi connectivity index (χ1v) is 21.7. The van der Waals surface area contributed by atoms with Gasteiger partial charge >= 0.3 is 0 Å². The van der Waals surface area contributed by atoms with Crippen LogP contribution in [0, 0.1) is 5.92 Å². The van der Waals surface area contributed by atoms with Crippen LogP contribution < -0.4 is 5.32 Å². The van der Waals surface area contributed by atoms with Gasteiger partial charge < -0.3 is 15.5 Å². The van der Waals surface area contributed by atoms with Crippen molar-refractivity contribution in [1.29, 1.82) is 0 Å². The Hall–Kier alpha value is -3.16. The summed E-state index contributed by atoms with van der Waals surface area (Å²) in [4.78, 5) is 13.8. The number of rotatable bonds is 12. The zero-order chi connectivity index (χ0) is 38.3. The maximum Gasteiger partial charge on any atom is 0.300 e. The Morgan fingerprint density at radius 1 is 0.870 bits per heavy atom. The molecule has 7 rings (SSSR count). The highest BCUT2D eigenvalue weighted by molar-refractivity contribution is 7.99. The molecule has 3 N–H and O–H groups in total. The minimum atomic E-state index is -0.833. The highest BCUT2D eigenvalue weighted by Crippen LogP contribution is 2.41. The molecule has 1 aromatic heterocycles. The normalized spacial score (nSPS) is 17.4. The number of aromatic nitrogens is 1. The van der Waals surface area contributed by atoms with Crippen LogP contribution in [0.4, 0.5) is 0 Å². The second-order valence-electron chi connectivity index (χ2n) is 16.0. The molecule has 290 valence electrons. The van der Waals surface area contributed by atoms with Crippen LogP contribution in [0.3, 0.4) is 0 Å². The van der Waals surface area contributed by atoms with Crippen molar-refractivity contribution in [1.82, 2.24) is 10.3 Å². The van der Waals surface area contributed by atoms with E-state index in [0.717, 1.165) is 59.9 Å². The van der Waals surface area contributed by atoms with Gasteiger partial charge in [-0.1, -0.05) is 117 Å². The van der Waals surface area contributed by atoms with Crippen LogP contribution in [-0.4, -0.2) is 39.0 Å². The molecule has 54 heavy (non-hydrogen) atoms. The first kappa shape index (κ1) is 42.0. The quantitative estimate of drug-likeness (QED) is 0.133. The molecular weight excluding hydrogens is 708 g/mol. The number of aliphatic hydroxyl groups is 1. The summed E-state index contributed by atoms with van der Waals surface area (Å²) in [5.74, 6) is 1.27. The van der Waals surface area contributed by atoms with Crippen LogP contribution in [-0.2, 0) is 16.8 Å². The lowest BCUT2D eigenvalue weighted by molar-refractivity contribution is -0.134. The van der Waals surface area contributed by atoms with E-state index in [1.807, 2.05) is 44.2 Å². The van der Waals surface area contributed by atoms with Crippen molar-refractivity contribution in [2.75, 3.05) is 5.75 Å². The third-order valence-corrected chi connectivity index (χ3v) is 12.5. The highest BCUT2D eigenvalue weighted by Gasteiger charge is 2.25. The van der Waals surface area contributed by atoms with Crippen LogP contribution in [0.5, 0.6) is 0 Å². The molecular formula is C47H61ClN2O3S. The van der Waals surface area contributed by atoms with Gasteiger partial charge in [-0.05, 0) is 123 Å². The van der Waals surface area contributed by atoms with E-state index in [1.54, 1.807) is 0 Å². The fourth-order valence-electron chi connectivity index (χ4n) is 7.62. The van der Waals surface area contributed by atoms with Gasteiger partial charge in [-0.2, -0.15) is 11.8 Å². The Bertz CT molecular complexity index is 1770. The number of halogens is 1. The van der Waals surface area contributed by atoms with E-state index < -0.39 is 11.6 Å². The van der Waals surface area contributed by atoms with Crippen molar-refractivity contribution >= 4 is 52.4 Å². The van der Waals surface area contributed by atoms with Gasteiger partial charge in [-0.15, -0.1) is 0 Å². The number of thioether (sulfide) groups is 1. The van der Waals surface area contributed by atoms with E-state index in [4.69, 9.17) is 26.5 Å². The number of aliphatic carboxylic acids is 1. The number of nitrogens with zero attached hydrogens (tertiary/aromatic N) is 1. The number of fused-ring (bicyclic) bond motifs is 1. The SMILES string of the molecule is C1CCC(NC2CCCCC2)CC1.CC(=O)O.CC(C)(O)c1ccccc1CC[C@@H](SCC1CC1)c1cccc(C=Cc2ccc3ccc(Cl)cc3n2)c1. The Morgan fingerprint density at radius 3 is 2.17 bits per heavy atom. The predicted octanol–water partition coefficient (Wildman–Crippen LogP) is 12.4. The monoisotopic (exact) mass is 768 g/mol. The molecule has 3 saturated carbocycles. The fourth-order valence-corrected chi connectivity index (χ4v) is 9.25. The zero-order valence-corrected chi connectivity index (χ0v) is 34.2. The van der Waals surface area contributed by atoms with E-state index in [0.29, 0.717) is 10.3 Å². The molecule has 3 aromatic carbocycles. The number of benzene rings is 3. The summed E-state index contributed by atoms with van der Waals surface area (Å²) in [6.45, 7) is 4.83. The van der Waals surface area contributed by atoms with Gasteiger partial charge in [0.1, 0.15) is 0 Å². The minimum absolute atomic E-state index is 0.421. The molecule has 5 nitrogen and oxygen atoms in total. The average Bonchev–Trinajstić information content (AvgIpc) is 3.99. The predicted molar refractivity (Wildman–Crippen MR) is 230 cm³/mol. The van der Waals surface area contributed by atoms with E-state index in [9.17, 15) is 5.11 Å². The van der Waals surface area contributed by atoms with Gasteiger partial charge in [-0.3, -0.25) is 4.79 Å². The lowest BCUT2D eigenvalue weighted by Gasteiger charge is -2.30. The Balaban J connectivity index is 0.000000272. The summed E-state index contributed by atoms with van der Waals surface area (Å²) < 4.78 is 0. The standard InChI is InChI=1S/C33H34ClNOS.C12H23N.C2H4O2/c1-33(2,36)30-9-4-3-7-25(30)15-19-32(37-22-24-10-11-24)27-8-5-6-23(20-27)12-17-29-18-14-26-13-16-28(34)21-31(26)35-29;1-3-7-11(8-4-1)13-12-9-5-2-6-10-12;1-2(3)4/h3-9,12-14,16-18,20-21,24,32,36H,10-11,15,19,22H2,1-2H3;11-13H,1-10H2;1H3,(H,3,4)/t32-;;/m1../s1. The number of pyridine rings is 1. The van der Waals surface area contributed by atoms with E-state index in [-0.39, 0.29) is 0 Å². The summed E-state index contributed by atoms with van der Waals surface area (Å²) in [7, 11) is 0. The Kier molecular flexibility index (Phi) is 16.5. The van der Waals surface area contributed by atoms with Crippen LogP contribution in [0.25, 0.3) is 23.1 Å². The van der Waals surface area contributed by atoms with Crippen molar-refractivity contribution in [3.8, 4) is 0 Å². The number of carbonyl (C=O) groups is 1. The number of aryl methyl sites for hydroxylation is 1. The van der Waals surface area contributed by atoms with Gasteiger partial charge in [0.25, 0.3) is 5.97 Å². The maximum atomic E-state index is 10.7. The van der Waals surface area contributed by atoms with Crippen molar-refractivity contribution in [2.45, 2.75) is 134 Å². The van der Waals surface area contributed by atoms with Gasteiger partial charge in [0.15, 0.2) is 0 Å². The summed E-state index contributed by atoms with van der Waals surface area (Å²) in [6, 6.07) is 28.9. The van der Waals surface area contributed by atoms with E-state index in [1.165, 1.54) is 99.5 Å². The molecule has 3 aliphatic carbocycles. The maximum absolute atomic E-state index is 10.7. The van der Waals surface area contributed by atoms with Gasteiger partial charge in [0, 0.05) is 34.7 Å². The lowest BCUT2D eigenvalue weighted by Crippen LogP contribution is -2.40. The number of hydrogen-bond donors (Lipinski definition) is 3. The van der Waals surface area contributed by atoms with Crippen molar-refractivity contribution < 1.29 is 15.0 Å². The largest absolute Gasteiger partial charge is 0.481 e. The highest BCUT2D eigenvalue weighted by atomic mass is 35.5. The van der Waals surface area contributed by atoms with Crippen LogP contribution >= 0.6 is 23.4 Å². The molecule has 0 amide bonds. The molecule has 0 unspecified atom stereocenters. The third kappa shape index (κ3) is 14.5. The molecule has 1 heterocycles. The summed E-state index contributed by atoms with van der Waals surface area (Å²) >= 11 is 8.26. The second kappa shape index (κ2) is 21.2. The van der Waals surface area contributed by atoms with Crippen molar-refractivity contribution in [2.24, 2.45) is 5.92 Å². The number of carboxylic acids is 1. The molecule has 0 spiro atoms. The topological polar surface area (TPSA) is 82.5 Å². The summed E-state index contributed by atoms with van der Waals surface area (Å²) in [5, 5.41) is 24.2. The van der Waals surface area contributed by atoms with Crippen molar-refractivity contribution in [3.05, 3.63) is 112 Å². The molecule has 1 atom stereocenters. The second-order valence-corrected chi connectivity index (χ2v) is 17.6. The van der Waals surface area contributed by atoms with Gasteiger partial charge in [0.05, 0.1) is 16.8 Å². The van der Waals surface area contributed by atoms with Crippen molar-refractivity contribution in [3.63, 3.8) is 0 Å². The first-order chi connectivity index (χ1) is 26.0. The number of nitrogens with one attached hydrogen (secondary N) is 1. The molecule has 0 aliphatic heterocycles. The molecule has 3 aliphatic rings. The zero-order valence-electron chi connectivity index (χ0n) is 32.6. The molecule has 4 aromatic rings. The smallest absolute Gasteiger partial charge is 0.300 e. The fraction of sp³-hybridized carbons (Fsp3) is 0.489. The van der Waals surface area contributed by atoms with E-state index >= 15 is 0 Å². The van der Waals surface area contributed by atoms with Crippen LogP contribution in [0.15, 0.2) is 78.9 Å². The van der Waals surface area contributed by atoms with Crippen LogP contribution in [0.2, 0.25) is 5.02 Å². The lowest BCUT2D eigenvalue weighted by atomic mass is 9.90. The molecule has 0 saturated heterocycles. The molecule has 7 heteroatoms. The summed E-state index contributed by atoms with van der Waals surface area (Å²) in [6.07, 6.45) is 23.5. The molecule has 0 bridgehead atoms. The van der Waals surface area contributed by atoms with E-state index in [2.05, 4.69) is 77.8 Å². The number of hydrogen-bond acceptors (Lipinski definition) is 5. The Labute approximate surface area is 333 Å².